The van der Waals surface area contributed by atoms with Crippen LogP contribution in [0.2, 0.25) is 5.02 Å². The van der Waals surface area contributed by atoms with Crippen LogP contribution in [0.25, 0.3) is 0 Å². The molecular weight excluding hydrogens is 210 g/mol. The molecule has 1 unspecified atom stereocenters. The second-order valence-electron chi connectivity index (χ2n) is 3.50. The minimum atomic E-state index is -0.171. The van der Waals surface area contributed by atoms with E-state index in [2.05, 4.69) is 11.9 Å². The van der Waals surface area contributed by atoms with Crippen LogP contribution in [0.1, 0.15) is 37.4 Å². The van der Waals surface area contributed by atoms with E-state index < -0.39 is 0 Å². The molecule has 0 aliphatic heterocycles. The van der Waals surface area contributed by atoms with Crippen LogP contribution in [0.3, 0.4) is 0 Å². The molecule has 0 heterocycles. The van der Waals surface area contributed by atoms with Crippen LogP contribution < -0.4 is 0 Å². The molecule has 15 heavy (non-hydrogen) atoms. The van der Waals surface area contributed by atoms with Crippen LogP contribution >= 0.6 is 11.6 Å². The molecule has 1 aromatic carbocycles. The maximum absolute atomic E-state index is 10.1. The number of aliphatic imine (C=N–C) groups is 1. The average Bonchev–Trinajstić information content (AvgIpc) is 2.21. The lowest BCUT2D eigenvalue weighted by molar-refractivity contribution is 0.559. The van der Waals surface area contributed by atoms with E-state index in [4.69, 9.17) is 11.6 Å². The van der Waals surface area contributed by atoms with Gasteiger partial charge in [-0.2, -0.15) is 4.99 Å². The molecule has 1 rings (SSSR count). The molecule has 2 nitrogen and oxygen atoms in total. The van der Waals surface area contributed by atoms with E-state index in [0.29, 0.717) is 0 Å². The van der Waals surface area contributed by atoms with Gasteiger partial charge in [0.15, 0.2) is 0 Å². The van der Waals surface area contributed by atoms with Crippen molar-refractivity contribution in [1.29, 1.82) is 0 Å². The van der Waals surface area contributed by atoms with Gasteiger partial charge in [-0.25, -0.2) is 4.79 Å². The van der Waals surface area contributed by atoms with Gasteiger partial charge in [-0.1, -0.05) is 37.1 Å². The van der Waals surface area contributed by atoms with Crippen LogP contribution in [-0.4, -0.2) is 6.08 Å². The van der Waals surface area contributed by atoms with E-state index >= 15 is 0 Å². The van der Waals surface area contributed by atoms with Crippen LogP contribution in [0.5, 0.6) is 0 Å². The van der Waals surface area contributed by atoms with E-state index in [0.717, 1.165) is 29.0 Å². The number of hydrogen-bond donors (Lipinski definition) is 0. The molecule has 0 N–H and O–H groups in total. The number of hydrogen-bond acceptors (Lipinski definition) is 2. The fourth-order valence-electron chi connectivity index (χ4n) is 1.45. The zero-order valence-corrected chi connectivity index (χ0v) is 9.71. The Morgan fingerprint density at radius 2 is 2.27 bits per heavy atom. The summed E-state index contributed by atoms with van der Waals surface area (Å²) in [5.41, 5.74) is 2.09. The number of benzene rings is 1. The summed E-state index contributed by atoms with van der Waals surface area (Å²) in [5.74, 6) is 0. The summed E-state index contributed by atoms with van der Waals surface area (Å²) < 4.78 is 0. The van der Waals surface area contributed by atoms with Gasteiger partial charge in [-0.05, 0) is 30.5 Å². The summed E-state index contributed by atoms with van der Waals surface area (Å²) in [7, 11) is 0. The third kappa shape index (κ3) is 3.19. The summed E-state index contributed by atoms with van der Waals surface area (Å²) in [6.45, 7) is 3.96. The minimum absolute atomic E-state index is 0.171. The van der Waals surface area contributed by atoms with Crippen LogP contribution in [0.4, 0.5) is 0 Å². The van der Waals surface area contributed by atoms with Gasteiger partial charge >= 0.3 is 0 Å². The van der Waals surface area contributed by atoms with Crippen LogP contribution in [-0.2, 0) is 11.2 Å². The second-order valence-corrected chi connectivity index (χ2v) is 3.90. The zero-order chi connectivity index (χ0) is 11.3. The van der Waals surface area contributed by atoms with Gasteiger partial charge in [-0.15, -0.1) is 0 Å². The summed E-state index contributed by atoms with van der Waals surface area (Å²) in [6.07, 6.45) is 3.60. The normalized spacial score (nSPS) is 11.9. The Morgan fingerprint density at radius 3 is 2.80 bits per heavy atom. The number of halogens is 1. The molecule has 0 radical (unpaired) electrons. The lowest BCUT2D eigenvalue weighted by Crippen LogP contribution is -1.92. The van der Waals surface area contributed by atoms with E-state index in [-0.39, 0.29) is 6.04 Å². The molecule has 0 saturated carbocycles. The van der Waals surface area contributed by atoms with Crippen molar-refractivity contribution in [2.24, 2.45) is 4.99 Å². The highest BCUT2D eigenvalue weighted by molar-refractivity contribution is 6.31. The Bertz CT molecular complexity index is 383. The summed E-state index contributed by atoms with van der Waals surface area (Å²) in [5, 5.41) is 0.752. The smallest absolute Gasteiger partial charge is 0.211 e. The average molecular weight is 224 g/mol. The molecule has 0 saturated heterocycles. The largest absolute Gasteiger partial charge is 0.235 e. The molecule has 0 bridgehead atoms. The topological polar surface area (TPSA) is 29.4 Å². The molecule has 1 aromatic rings. The lowest BCUT2D eigenvalue weighted by Gasteiger charge is -2.08. The molecular formula is C12H14ClNO. The van der Waals surface area contributed by atoms with E-state index in [1.165, 1.54) is 0 Å². The van der Waals surface area contributed by atoms with Gasteiger partial charge in [-0.3, -0.25) is 0 Å². The first-order valence-electron chi connectivity index (χ1n) is 5.04. The lowest BCUT2D eigenvalue weighted by atomic mass is 10.0. The number of carbonyl (C=O) groups excluding carboxylic acids is 1. The van der Waals surface area contributed by atoms with Gasteiger partial charge in [0, 0.05) is 5.02 Å². The SMILES string of the molecule is CCCc1ccc(C(C)N=C=O)cc1Cl. The monoisotopic (exact) mass is 223 g/mol. The molecule has 1 atom stereocenters. The molecule has 0 fully saturated rings. The first kappa shape index (κ1) is 12.0. The third-order valence-electron chi connectivity index (χ3n) is 2.33. The second kappa shape index (κ2) is 5.69. The summed E-state index contributed by atoms with van der Waals surface area (Å²) >= 11 is 6.11. The predicted octanol–water partition coefficient (Wildman–Crippen LogP) is 3.69. The van der Waals surface area contributed by atoms with Crippen molar-refractivity contribution in [2.45, 2.75) is 32.7 Å². The summed E-state index contributed by atoms with van der Waals surface area (Å²) in [4.78, 5) is 13.8. The van der Waals surface area contributed by atoms with Crippen molar-refractivity contribution >= 4 is 17.7 Å². The Morgan fingerprint density at radius 1 is 1.53 bits per heavy atom. The van der Waals surface area contributed by atoms with Crippen molar-refractivity contribution in [3.05, 3.63) is 34.3 Å². The number of nitrogens with zero attached hydrogens (tertiary/aromatic N) is 1. The van der Waals surface area contributed by atoms with Gasteiger partial charge in [0.2, 0.25) is 6.08 Å². The number of rotatable bonds is 4. The maximum Gasteiger partial charge on any atom is 0.235 e. The minimum Gasteiger partial charge on any atom is -0.211 e. The highest BCUT2D eigenvalue weighted by Crippen LogP contribution is 2.24. The molecule has 0 amide bonds. The number of isocyanates is 1. The van der Waals surface area contributed by atoms with Gasteiger partial charge < -0.3 is 0 Å². The fraction of sp³-hybridized carbons (Fsp3) is 0.417. The third-order valence-corrected chi connectivity index (χ3v) is 2.68. The fourth-order valence-corrected chi connectivity index (χ4v) is 1.73. The Hall–Kier alpha value is -1.11. The molecule has 0 spiro atoms. The molecule has 0 aromatic heterocycles. The van der Waals surface area contributed by atoms with E-state index in [1.807, 2.05) is 25.1 Å². The first-order valence-corrected chi connectivity index (χ1v) is 5.42. The highest BCUT2D eigenvalue weighted by atomic mass is 35.5. The first-order chi connectivity index (χ1) is 7.19. The van der Waals surface area contributed by atoms with E-state index in [1.54, 1.807) is 6.08 Å². The zero-order valence-electron chi connectivity index (χ0n) is 8.96. The Kier molecular flexibility index (Phi) is 4.54. The molecule has 80 valence electrons. The van der Waals surface area contributed by atoms with Crippen LogP contribution in [0, 0.1) is 0 Å². The Labute approximate surface area is 95.0 Å². The van der Waals surface area contributed by atoms with Crippen molar-refractivity contribution in [1.82, 2.24) is 0 Å². The van der Waals surface area contributed by atoms with Crippen molar-refractivity contribution in [3.8, 4) is 0 Å². The molecule has 0 aliphatic rings. The molecule has 3 heteroatoms. The van der Waals surface area contributed by atoms with Crippen LogP contribution in [0.15, 0.2) is 23.2 Å². The van der Waals surface area contributed by atoms with E-state index in [9.17, 15) is 4.79 Å². The van der Waals surface area contributed by atoms with Crippen molar-refractivity contribution in [2.75, 3.05) is 0 Å². The quantitative estimate of drug-likeness (QED) is 0.566. The number of aryl methyl sites for hydroxylation is 1. The van der Waals surface area contributed by atoms with Crippen molar-refractivity contribution < 1.29 is 4.79 Å². The van der Waals surface area contributed by atoms with Crippen molar-refractivity contribution in [3.63, 3.8) is 0 Å². The standard InChI is InChI=1S/C12H14ClNO/c1-3-4-10-5-6-11(7-12(10)13)9(2)14-8-15/h5-7,9H,3-4H2,1-2H3. The maximum atomic E-state index is 10.1. The predicted molar refractivity (Wildman–Crippen MR) is 62.0 cm³/mol. The highest BCUT2D eigenvalue weighted by Gasteiger charge is 2.06. The molecule has 0 aliphatic carbocycles. The van der Waals surface area contributed by atoms with Gasteiger partial charge in [0.25, 0.3) is 0 Å². The Balaban J connectivity index is 2.95. The van der Waals surface area contributed by atoms with Gasteiger partial charge in [0.1, 0.15) is 0 Å². The van der Waals surface area contributed by atoms with Gasteiger partial charge in [0.05, 0.1) is 6.04 Å². The summed E-state index contributed by atoms with van der Waals surface area (Å²) in [6, 6.07) is 5.66.